The number of hydrogen-bond donors (Lipinski definition) is 2. The molecule has 4 aromatic carbocycles. The Morgan fingerprint density at radius 3 is 1.54 bits per heavy atom. The number of ether oxygens (including phenoxy) is 1. The van der Waals surface area contributed by atoms with Crippen molar-refractivity contribution in [3.63, 3.8) is 0 Å². The Bertz CT molecular complexity index is 2240. The summed E-state index contributed by atoms with van der Waals surface area (Å²) in [4.78, 5) is 0. The van der Waals surface area contributed by atoms with Gasteiger partial charge in [-0.05, 0) is 199 Å². The van der Waals surface area contributed by atoms with E-state index in [0.29, 0.717) is 34.3 Å². The number of benzene rings is 4. The van der Waals surface area contributed by atoms with Crippen LogP contribution in [-0.2, 0) is 30.5 Å². The molecule has 5 nitrogen and oxygen atoms in total. The zero-order valence-electron chi connectivity index (χ0n) is 40.7. The van der Waals surface area contributed by atoms with Crippen LogP contribution in [0.2, 0.25) is 0 Å². The Balaban J connectivity index is 0.000000263. The molecule has 12 rings (SSSR count). The minimum absolute atomic E-state index is 0. The number of methoxy groups -OCH3 is 1. The zero-order valence-corrected chi connectivity index (χ0v) is 44.0. The first kappa shape index (κ1) is 50.5. The Kier molecular flexibility index (Phi) is 15.8. The fourth-order valence-corrected chi connectivity index (χ4v) is 20.3. The zero-order chi connectivity index (χ0) is 45.7. The quantitative estimate of drug-likeness (QED) is 0.0545. The fourth-order valence-electron chi connectivity index (χ4n) is 14.8. The maximum Gasteiger partial charge on any atom is 0.261 e. The van der Waals surface area contributed by atoms with Crippen LogP contribution in [-0.4, -0.2) is 36.6 Å². The van der Waals surface area contributed by atoms with Gasteiger partial charge < -0.3 is 10.1 Å². The molecule has 0 radical (unpaired) electrons. The number of hydrogen-bond acceptors (Lipinski definition) is 3. The van der Waals surface area contributed by atoms with Crippen LogP contribution in [0, 0.1) is 55.5 Å². The summed E-state index contributed by atoms with van der Waals surface area (Å²) in [5.74, 6) is 8.65. The van der Waals surface area contributed by atoms with Crippen molar-refractivity contribution in [3.05, 3.63) is 108 Å². The van der Waals surface area contributed by atoms with Crippen molar-refractivity contribution in [1.29, 1.82) is 0 Å². The van der Waals surface area contributed by atoms with E-state index in [9.17, 15) is 8.42 Å². The summed E-state index contributed by atoms with van der Waals surface area (Å²) in [6.45, 7) is 17.0. The number of aryl methyl sites for hydroxylation is 1. The first-order valence-corrected chi connectivity index (χ1v) is 27.9. The van der Waals surface area contributed by atoms with E-state index in [-0.39, 0.29) is 20.4 Å². The molecule has 0 aliphatic heterocycles. The van der Waals surface area contributed by atoms with E-state index in [4.69, 9.17) is 9.29 Å². The van der Waals surface area contributed by atoms with Crippen molar-refractivity contribution in [2.75, 3.05) is 13.4 Å². The van der Waals surface area contributed by atoms with Crippen molar-refractivity contribution < 1.29 is 43.4 Å². The van der Waals surface area contributed by atoms with Crippen LogP contribution in [0.25, 0.3) is 22.3 Å². The van der Waals surface area contributed by atoms with Gasteiger partial charge in [-0.1, -0.05) is 85.9 Å². The summed E-state index contributed by atoms with van der Waals surface area (Å²) in [6, 6.07) is 29.4. The summed E-state index contributed by atoms with van der Waals surface area (Å²) in [6.07, 6.45) is 19.0. The largest absolute Gasteiger partial charge is 0.496 e. The van der Waals surface area contributed by atoms with Gasteiger partial charge in [0, 0.05) is 25.7 Å². The van der Waals surface area contributed by atoms with E-state index in [1.807, 2.05) is 42.8 Å². The Labute approximate surface area is 408 Å². The van der Waals surface area contributed by atoms with E-state index in [1.54, 1.807) is 27.6 Å². The van der Waals surface area contributed by atoms with Gasteiger partial charge in [0.2, 0.25) is 0 Å². The molecule has 3 N–H and O–H groups in total. The number of quaternary nitrogens is 1. The molecule has 8 aliphatic carbocycles. The molecule has 0 saturated heterocycles. The molecule has 4 aromatic rings. The van der Waals surface area contributed by atoms with Gasteiger partial charge in [-0.2, -0.15) is 8.42 Å². The molecule has 8 bridgehead atoms. The van der Waals surface area contributed by atoms with E-state index in [1.165, 1.54) is 99.5 Å². The predicted molar refractivity (Wildman–Crippen MR) is 269 cm³/mol. The average Bonchev–Trinajstić information content (AvgIpc) is 3.22. The average molecular weight is 1010 g/mol. The fraction of sp³-hybridized carbons (Fsp3) is 0.561. The Hall–Kier alpha value is -2.36. The van der Waals surface area contributed by atoms with Gasteiger partial charge in [0.25, 0.3) is 10.1 Å². The van der Waals surface area contributed by atoms with Crippen molar-refractivity contribution in [3.8, 4) is 28.0 Å². The molecule has 0 amide bonds. The SMILES string of the molecule is COc1ccc(C)c(-c2c(C(C)C)cc(C(C)C)cc2C(C)C)c1P(C12CC3CC(CC(C3)C1)C2)C12CC3CC(CC(C3)C1)C2.CS(=O)(=O)O.[CH2-][NH2+]c1ccccc1-c1[c-]cccc1.[Pd]. The van der Waals surface area contributed by atoms with Crippen molar-refractivity contribution in [2.45, 2.75) is 154 Å². The minimum Gasteiger partial charge on any atom is -0.496 e. The first-order chi connectivity index (χ1) is 30.4. The summed E-state index contributed by atoms with van der Waals surface area (Å²) < 4.78 is 32.5. The maximum absolute atomic E-state index is 9.19. The third kappa shape index (κ3) is 10.6. The van der Waals surface area contributed by atoms with Crippen molar-refractivity contribution in [2.24, 2.45) is 35.5 Å². The van der Waals surface area contributed by atoms with Gasteiger partial charge in [0.05, 0.1) is 19.1 Å². The molecule has 356 valence electrons. The predicted octanol–water partition coefficient (Wildman–Crippen LogP) is 13.7. The Morgan fingerprint density at radius 1 is 0.708 bits per heavy atom. The molecule has 8 heteroatoms. The van der Waals surface area contributed by atoms with E-state index >= 15 is 0 Å². The minimum atomic E-state index is -3.67. The second kappa shape index (κ2) is 20.3. The van der Waals surface area contributed by atoms with Gasteiger partial charge in [0.15, 0.2) is 0 Å². The molecule has 65 heavy (non-hydrogen) atoms. The molecular formula is C57H77NO4PPdS-. The van der Waals surface area contributed by atoms with Gasteiger partial charge in [0.1, 0.15) is 5.75 Å². The van der Waals surface area contributed by atoms with Crippen LogP contribution >= 0.6 is 7.92 Å². The van der Waals surface area contributed by atoms with Crippen LogP contribution in [0.5, 0.6) is 5.75 Å². The van der Waals surface area contributed by atoms with E-state index < -0.39 is 18.0 Å². The third-order valence-electron chi connectivity index (χ3n) is 16.3. The van der Waals surface area contributed by atoms with Crippen LogP contribution in [0.3, 0.4) is 0 Å². The second-order valence-electron chi connectivity index (χ2n) is 22.3. The number of rotatable bonds is 10. The molecule has 0 unspecified atom stereocenters. The normalized spacial score (nSPS) is 28.6. The van der Waals surface area contributed by atoms with Crippen LogP contribution < -0.4 is 15.4 Å². The van der Waals surface area contributed by atoms with Gasteiger partial charge in [-0.25, -0.2) is 0 Å². The van der Waals surface area contributed by atoms with Gasteiger partial charge in [-0.15, -0.1) is 42.9 Å². The summed E-state index contributed by atoms with van der Waals surface area (Å²) in [5, 5.41) is 4.63. The molecule has 0 heterocycles. The van der Waals surface area contributed by atoms with Crippen LogP contribution in [0.4, 0.5) is 5.69 Å². The second-order valence-corrected chi connectivity index (χ2v) is 26.7. The number of nitrogens with two attached hydrogens (primary N) is 1. The van der Waals surface area contributed by atoms with E-state index in [0.717, 1.165) is 46.8 Å². The van der Waals surface area contributed by atoms with Gasteiger partial charge >= 0.3 is 0 Å². The molecule has 0 spiro atoms. The first-order valence-electron chi connectivity index (χ1n) is 24.7. The van der Waals surface area contributed by atoms with Crippen molar-refractivity contribution in [1.82, 2.24) is 0 Å². The smallest absolute Gasteiger partial charge is 0.261 e. The van der Waals surface area contributed by atoms with Crippen LogP contribution in [0.1, 0.15) is 159 Å². The molecule has 0 atom stereocenters. The summed E-state index contributed by atoms with van der Waals surface area (Å²) >= 11 is 0. The Morgan fingerprint density at radius 2 is 1.15 bits per heavy atom. The summed E-state index contributed by atoms with van der Waals surface area (Å²) in [5.41, 5.74) is 12.8. The number of para-hydroxylation sites is 1. The molecule has 0 aromatic heterocycles. The standard InChI is InChI=1S/C43H61OP.C13H12N.CH4O3S.Pd/c1-25(2)35-17-36(26(3)4)40(37(18-35)27(5)6)39-28(7)9-10-38(44-8)41(39)45(42-19-29-11-30(20-42)13-31(12-29)21-42)43-22-32-14-33(23-43)16-34(15-32)24-43;1-14-13-10-6-5-9-12(13)11-7-3-2-4-8-11;1-5(2,3)4;/h9-10,17-18,25-27,29-34H,11-16,19-24H2,1-8H3;2-7,9-10H,1,14H2;1H3,(H,2,3,4);/q;-1;;. The molecule has 8 saturated carbocycles. The van der Waals surface area contributed by atoms with Crippen molar-refractivity contribution >= 4 is 29.0 Å². The molecular weight excluding hydrogens is 932 g/mol. The monoisotopic (exact) mass is 1010 g/mol. The summed E-state index contributed by atoms with van der Waals surface area (Å²) in [7, 11) is 1.74. The molecule has 8 aliphatic rings. The topological polar surface area (TPSA) is 80.2 Å². The van der Waals surface area contributed by atoms with Gasteiger partial charge in [-0.3, -0.25) is 4.55 Å². The maximum atomic E-state index is 9.19. The van der Waals surface area contributed by atoms with E-state index in [2.05, 4.69) is 104 Å². The third-order valence-corrected chi connectivity index (χ3v) is 20.2. The molecule has 8 fully saturated rings. The van der Waals surface area contributed by atoms with Crippen LogP contribution in [0.15, 0.2) is 72.8 Å².